The quantitative estimate of drug-likeness (QED) is 0.830. The predicted molar refractivity (Wildman–Crippen MR) is 84.5 cm³/mol. The topological polar surface area (TPSA) is 23.1 Å². The average molecular weight is 280 g/mol. The Hall–Kier alpha value is -1.64. The number of hydrogen-bond donors (Lipinski definition) is 0. The lowest BCUT2D eigenvalue weighted by Crippen LogP contribution is -2.32. The molecule has 0 spiro atoms. The van der Waals surface area contributed by atoms with Crippen LogP contribution >= 0.6 is 0 Å². The van der Waals surface area contributed by atoms with E-state index in [9.17, 15) is 5.11 Å². The Bertz CT molecular complexity index is 542. The first-order valence-electron chi connectivity index (χ1n) is 7.78. The molecule has 109 valence electrons. The van der Waals surface area contributed by atoms with Crippen LogP contribution in [0.3, 0.4) is 0 Å². The summed E-state index contributed by atoms with van der Waals surface area (Å²) in [5.41, 5.74) is 3.67. The van der Waals surface area contributed by atoms with Gasteiger partial charge in [0, 0.05) is 6.54 Å². The zero-order chi connectivity index (χ0) is 14.5. The van der Waals surface area contributed by atoms with Crippen LogP contribution in [0.15, 0.2) is 54.6 Å². The fourth-order valence-corrected chi connectivity index (χ4v) is 3.15. The SMILES string of the molecule is [O]Cc1ccc(CN2CCC(c3ccccc3)CC2)cc1. The molecule has 0 aromatic heterocycles. The maximum absolute atomic E-state index is 10.8. The molecule has 2 nitrogen and oxygen atoms in total. The van der Waals surface area contributed by atoms with Crippen LogP contribution in [-0.4, -0.2) is 18.0 Å². The molecule has 0 atom stereocenters. The van der Waals surface area contributed by atoms with E-state index in [0.29, 0.717) is 5.92 Å². The Morgan fingerprint density at radius 2 is 1.48 bits per heavy atom. The van der Waals surface area contributed by atoms with E-state index in [2.05, 4.69) is 47.4 Å². The lowest BCUT2D eigenvalue weighted by molar-refractivity contribution is 0.177. The second-order valence-electron chi connectivity index (χ2n) is 5.92. The van der Waals surface area contributed by atoms with Crippen LogP contribution < -0.4 is 0 Å². The van der Waals surface area contributed by atoms with E-state index < -0.39 is 0 Å². The molecule has 1 heterocycles. The first-order chi connectivity index (χ1) is 10.3. The molecule has 2 aromatic carbocycles. The second kappa shape index (κ2) is 6.88. The zero-order valence-corrected chi connectivity index (χ0v) is 12.4. The molecule has 1 fully saturated rings. The smallest absolute Gasteiger partial charge is 0.107 e. The Kier molecular flexibility index (Phi) is 4.69. The number of benzene rings is 2. The maximum Gasteiger partial charge on any atom is 0.107 e. The highest BCUT2D eigenvalue weighted by atomic mass is 16.3. The van der Waals surface area contributed by atoms with Gasteiger partial charge in [0.2, 0.25) is 0 Å². The molecular formula is C19H22NO. The fourth-order valence-electron chi connectivity index (χ4n) is 3.15. The van der Waals surface area contributed by atoms with E-state index in [1.165, 1.54) is 24.0 Å². The average Bonchev–Trinajstić information content (AvgIpc) is 2.57. The van der Waals surface area contributed by atoms with Gasteiger partial charge in [0.1, 0.15) is 6.61 Å². The molecule has 0 saturated carbocycles. The summed E-state index contributed by atoms with van der Waals surface area (Å²) in [7, 11) is 0. The molecule has 2 heteroatoms. The van der Waals surface area contributed by atoms with Gasteiger partial charge >= 0.3 is 0 Å². The van der Waals surface area contributed by atoms with Gasteiger partial charge in [-0.2, -0.15) is 0 Å². The highest BCUT2D eigenvalue weighted by molar-refractivity contribution is 5.22. The van der Waals surface area contributed by atoms with Crippen LogP contribution in [-0.2, 0) is 18.3 Å². The van der Waals surface area contributed by atoms with E-state index >= 15 is 0 Å². The molecule has 0 bridgehead atoms. The molecule has 0 unspecified atom stereocenters. The molecule has 1 aliphatic heterocycles. The summed E-state index contributed by atoms with van der Waals surface area (Å²) in [5.74, 6) is 0.713. The summed E-state index contributed by atoms with van der Waals surface area (Å²) in [6, 6.07) is 19.0. The molecule has 0 N–H and O–H groups in total. The van der Waals surface area contributed by atoms with E-state index in [-0.39, 0.29) is 6.61 Å². The van der Waals surface area contributed by atoms with Gasteiger partial charge in [0.15, 0.2) is 0 Å². The van der Waals surface area contributed by atoms with E-state index in [1.54, 1.807) is 0 Å². The van der Waals surface area contributed by atoms with Crippen LogP contribution in [0.5, 0.6) is 0 Å². The number of hydrogen-bond acceptors (Lipinski definition) is 1. The molecule has 1 saturated heterocycles. The summed E-state index contributed by atoms with van der Waals surface area (Å²) >= 11 is 0. The Balaban J connectivity index is 1.53. The normalized spacial score (nSPS) is 17.0. The minimum absolute atomic E-state index is 0.122. The summed E-state index contributed by atoms with van der Waals surface area (Å²) in [5, 5.41) is 10.8. The van der Waals surface area contributed by atoms with Gasteiger partial charge in [-0.25, -0.2) is 5.11 Å². The minimum atomic E-state index is -0.122. The van der Waals surface area contributed by atoms with Crippen molar-refractivity contribution in [3.05, 3.63) is 71.3 Å². The Morgan fingerprint density at radius 3 is 2.10 bits per heavy atom. The monoisotopic (exact) mass is 280 g/mol. The van der Waals surface area contributed by atoms with Crippen molar-refractivity contribution in [2.75, 3.05) is 13.1 Å². The van der Waals surface area contributed by atoms with Gasteiger partial charge in [-0.05, 0) is 48.5 Å². The lowest BCUT2D eigenvalue weighted by atomic mass is 9.89. The minimum Gasteiger partial charge on any atom is -0.299 e. The van der Waals surface area contributed by atoms with Gasteiger partial charge in [-0.1, -0.05) is 54.6 Å². The molecule has 1 aliphatic rings. The summed E-state index contributed by atoms with van der Waals surface area (Å²) in [6.45, 7) is 3.19. The van der Waals surface area contributed by atoms with Gasteiger partial charge in [-0.3, -0.25) is 4.90 Å². The van der Waals surface area contributed by atoms with Crippen LogP contribution in [0, 0.1) is 0 Å². The summed E-state index contributed by atoms with van der Waals surface area (Å²) < 4.78 is 0. The van der Waals surface area contributed by atoms with Gasteiger partial charge in [-0.15, -0.1) is 0 Å². The predicted octanol–water partition coefficient (Wildman–Crippen LogP) is 4.00. The number of likely N-dealkylation sites (tertiary alicyclic amines) is 1. The maximum atomic E-state index is 10.8. The van der Waals surface area contributed by atoms with Crippen molar-refractivity contribution in [1.82, 2.24) is 4.90 Å². The third-order valence-electron chi connectivity index (χ3n) is 4.45. The molecular weight excluding hydrogens is 258 g/mol. The molecule has 21 heavy (non-hydrogen) atoms. The van der Waals surface area contributed by atoms with Crippen molar-refractivity contribution < 1.29 is 5.11 Å². The molecule has 2 aromatic rings. The molecule has 3 rings (SSSR count). The Morgan fingerprint density at radius 1 is 0.857 bits per heavy atom. The second-order valence-corrected chi connectivity index (χ2v) is 5.92. The third kappa shape index (κ3) is 3.72. The summed E-state index contributed by atoms with van der Waals surface area (Å²) in [4.78, 5) is 2.52. The van der Waals surface area contributed by atoms with Crippen molar-refractivity contribution in [3.8, 4) is 0 Å². The summed E-state index contributed by atoms with van der Waals surface area (Å²) in [6.07, 6.45) is 2.48. The van der Waals surface area contributed by atoms with Crippen molar-refractivity contribution in [1.29, 1.82) is 0 Å². The van der Waals surface area contributed by atoms with Crippen molar-refractivity contribution in [2.24, 2.45) is 0 Å². The van der Waals surface area contributed by atoms with Crippen LogP contribution in [0.1, 0.15) is 35.4 Å². The highest BCUT2D eigenvalue weighted by Gasteiger charge is 2.20. The van der Waals surface area contributed by atoms with Crippen LogP contribution in [0.4, 0.5) is 0 Å². The van der Waals surface area contributed by atoms with Gasteiger partial charge < -0.3 is 0 Å². The van der Waals surface area contributed by atoms with Crippen LogP contribution in [0.25, 0.3) is 0 Å². The van der Waals surface area contributed by atoms with E-state index in [4.69, 9.17) is 0 Å². The molecule has 1 radical (unpaired) electrons. The first-order valence-corrected chi connectivity index (χ1v) is 7.78. The Labute approximate surface area is 127 Å². The van der Waals surface area contributed by atoms with Gasteiger partial charge in [0.05, 0.1) is 0 Å². The van der Waals surface area contributed by atoms with E-state index in [0.717, 1.165) is 25.2 Å². The largest absolute Gasteiger partial charge is 0.299 e. The first kappa shape index (κ1) is 14.3. The standard InChI is InChI=1S/C19H22NO/c21-15-17-8-6-16(7-9-17)14-20-12-10-19(11-13-20)18-4-2-1-3-5-18/h1-9,19H,10-15H2. The zero-order valence-electron chi connectivity index (χ0n) is 12.4. The highest BCUT2D eigenvalue weighted by Crippen LogP contribution is 2.28. The number of nitrogens with zero attached hydrogens (tertiary/aromatic N) is 1. The molecule has 0 aliphatic carbocycles. The third-order valence-corrected chi connectivity index (χ3v) is 4.45. The van der Waals surface area contributed by atoms with Gasteiger partial charge in [0.25, 0.3) is 0 Å². The van der Waals surface area contributed by atoms with Crippen molar-refractivity contribution in [3.63, 3.8) is 0 Å². The fraction of sp³-hybridized carbons (Fsp3) is 0.368. The number of piperidine rings is 1. The lowest BCUT2D eigenvalue weighted by Gasteiger charge is -2.32. The van der Waals surface area contributed by atoms with Crippen molar-refractivity contribution in [2.45, 2.75) is 31.9 Å². The van der Waals surface area contributed by atoms with Crippen LogP contribution in [0.2, 0.25) is 0 Å². The number of rotatable bonds is 4. The van der Waals surface area contributed by atoms with Crippen molar-refractivity contribution >= 4 is 0 Å². The molecule has 0 amide bonds. The van der Waals surface area contributed by atoms with E-state index in [1.807, 2.05) is 12.1 Å².